The number of fused-ring (bicyclic) bond motifs is 1. The summed E-state index contributed by atoms with van der Waals surface area (Å²) in [4.78, 5) is 19.0. The normalized spacial score (nSPS) is 10.5. The Balaban J connectivity index is 1.60. The zero-order valence-corrected chi connectivity index (χ0v) is 11.8. The van der Waals surface area contributed by atoms with Crippen LogP contribution >= 0.6 is 11.6 Å². The van der Waals surface area contributed by atoms with Gasteiger partial charge in [0.25, 0.3) is 0 Å². The Kier molecular flexibility index (Phi) is 3.75. The van der Waals surface area contributed by atoms with Crippen LogP contribution in [0, 0.1) is 0 Å². The Labute approximate surface area is 126 Å². The van der Waals surface area contributed by atoms with Crippen LogP contribution in [0.15, 0.2) is 48.8 Å². The highest BCUT2D eigenvalue weighted by atomic mass is 35.5. The molecule has 0 radical (unpaired) electrons. The van der Waals surface area contributed by atoms with Crippen LogP contribution in [0.25, 0.3) is 11.0 Å². The minimum Gasteiger partial charge on any atom is -0.345 e. The van der Waals surface area contributed by atoms with E-state index in [9.17, 15) is 4.79 Å². The maximum Gasteiger partial charge on any atom is 0.319 e. The van der Waals surface area contributed by atoms with Crippen LogP contribution in [-0.4, -0.2) is 16.0 Å². The lowest BCUT2D eigenvalue weighted by atomic mass is 10.2. The first-order valence-corrected chi connectivity index (χ1v) is 6.81. The molecular weight excluding hydrogens is 288 g/mol. The van der Waals surface area contributed by atoms with Gasteiger partial charge in [-0.3, -0.25) is 0 Å². The van der Waals surface area contributed by atoms with Gasteiger partial charge in [0.05, 0.1) is 17.4 Å². The largest absolute Gasteiger partial charge is 0.345 e. The number of urea groups is 1. The molecular formula is C15H13ClN4O. The van der Waals surface area contributed by atoms with Gasteiger partial charge >= 0.3 is 6.03 Å². The fourth-order valence-corrected chi connectivity index (χ4v) is 2.21. The first kappa shape index (κ1) is 13.5. The molecule has 1 heterocycles. The van der Waals surface area contributed by atoms with Gasteiger partial charge in [-0.05, 0) is 35.9 Å². The van der Waals surface area contributed by atoms with E-state index < -0.39 is 0 Å². The van der Waals surface area contributed by atoms with E-state index in [1.54, 1.807) is 30.6 Å². The maximum atomic E-state index is 11.8. The molecule has 21 heavy (non-hydrogen) atoms. The van der Waals surface area contributed by atoms with Gasteiger partial charge < -0.3 is 15.6 Å². The Bertz CT molecular complexity index is 784. The summed E-state index contributed by atoms with van der Waals surface area (Å²) in [6, 6.07) is 12.5. The van der Waals surface area contributed by atoms with Gasteiger partial charge in [-0.2, -0.15) is 0 Å². The van der Waals surface area contributed by atoms with E-state index in [1.165, 1.54) is 0 Å². The monoisotopic (exact) mass is 300 g/mol. The second-order valence-corrected chi connectivity index (χ2v) is 5.01. The van der Waals surface area contributed by atoms with Gasteiger partial charge in [0.1, 0.15) is 0 Å². The molecule has 2 amide bonds. The molecule has 0 saturated carbocycles. The number of amides is 2. The van der Waals surface area contributed by atoms with Crippen LogP contribution in [0.2, 0.25) is 5.02 Å². The molecule has 3 N–H and O–H groups in total. The lowest BCUT2D eigenvalue weighted by molar-refractivity contribution is 0.251. The van der Waals surface area contributed by atoms with Crippen LogP contribution in [0.1, 0.15) is 5.56 Å². The van der Waals surface area contributed by atoms with Gasteiger partial charge in [-0.1, -0.05) is 23.7 Å². The number of nitrogens with zero attached hydrogens (tertiary/aromatic N) is 1. The van der Waals surface area contributed by atoms with Gasteiger partial charge in [-0.25, -0.2) is 9.78 Å². The number of halogens is 1. The van der Waals surface area contributed by atoms with Crippen molar-refractivity contribution < 1.29 is 4.79 Å². The van der Waals surface area contributed by atoms with Crippen molar-refractivity contribution in [2.45, 2.75) is 6.54 Å². The molecule has 6 heteroatoms. The predicted octanol–water partition coefficient (Wildman–Crippen LogP) is 3.54. The highest BCUT2D eigenvalue weighted by Crippen LogP contribution is 2.15. The molecule has 0 unspecified atom stereocenters. The molecule has 0 aliphatic rings. The zero-order valence-electron chi connectivity index (χ0n) is 11.1. The van der Waals surface area contributed by atoms with Crippen molar-refractivity contribution in [2.75, 3.05) is 5.32 Å². The first-order chi connectivity index (χ1) is 10.2. The number of H-pyrrole nitrogens is 1. The Morgan fingerprint density at radius 2 is 2.14 bits per heavy atom. The molecule has 0 bridgehead atoms. The summed E-state index contributed by atoms with van der Waals surface area (Å²) in [7, 11) is 0. The van der Waals surface area contributed by atoms with Crippen molar-refractivity contribution in [3.8, 4) is 0 Å². The number of aromatic nitrogens is 2. The van der Waals surface area contributed by atoms with Crippen LogP contribution in [-0.2, 0) is 6.54 Å². The molecule has 0 aliphatic carbocycles. The standard InChI is InChI=1S/C15H13ClN4O/c16-11-2-1-3-12(7-11)20-15(21)17-8-10-4-5-13-14(6-10)19-9-18-13/h1-7,9H,8H2,(H,18,19)(H2,17,20,21). The van der Waals surface area contributed by atoms with E-state index in [1.807, 2.05) is 18.2 Å². The van der Waals surface area contributed by atoms with Crippen LogP contribution in [0.5, 0.6) is 0 Å². The van der Waals surface area contributed by atoms with Crippen molar-refractivity contribution in [3.05, 3.63) is 59.4 Å². The molecule has 1 aromatic heterocycles. The molecule has 0 fully saturated rings. The fraction of sp³-hybridized carbons (Fsp3) is 0.0667. The number of carbonyl (C=O) groups is 1. The quantitative estimate of drug-likeness (QED) is 0.692. The van der Waals surface area contributed by atoms with Crippen LogP contribution in [0.3, 0.4) is 0 Å². The van der Waals surface area contributed by atoms with E-state index in [4.69, 9.17) is 11.6 Å². The first-order valence-electron chi connectivity index (χ1n) is 6.43. The number of aromatic amines is 1. The van der Waals surface area contributed by atoms with E-state index in [2.05, 4.69) is 20.6 Å². The maximum absolute atomic E-state index is 11.8. The number of carbonyl (C=O) groups excluding carboxylic acids is 1. The average molecular weight is 301 g/mol. The highest BCUT2D eigenvalue weighted by Gasteiger charge is 2.03. The molecule has 3 rings (SSSR count). The number of hydrogen-bond donors (Lipinski definition) is 3. The number of nitrogens with one attached hydrogen (secondary N) is 3. The molecule has 2 aromatic carbocycles. The van der Waals surface area contributed by atoms with Crippen LogP contribution in [0.4, 0.5) is 10.5 Å². The number of rotatable bonds is 3. The zero-order chi connectivity index (χ0) is 14.7. The van der Waals surface area contributed by atoms with E-state index in [0.717, 1.165) is 16.6 Å². The number of imidazole rings is 1. The Morgan fingerprint density at radius 1 is 1.24 bits per heavy atom. The minimum atomic E-state index is -0.276. The third-order valence-corrected chi connectivity index (χ3v) is 3.26. The molecule has 3 aromatic rings. The van der Waals surface area contributed by atoms with Crippen LogP contribution < -0.4 is 10.6 Å². The van der Waals surface area contributed by atoms with Crippen molar-refractivity contribution >= 4 is 34.4 Å². The van der Waals surface area contributed by atoms with E-state index >= 15 is 0 Å². The highest BCUT2D eigenvalue weighted by molar-refractivity contribution is 6.30. The van der Waals surface area contributed by atoms with Crippen molar-refractivity contribution in [1.82, 2.24) is 15.3 Å². The summed E-state index contributed by atoms with van der Waals surface area (Å²) in [6.45, 7) is 0.432. The topological polar surface area (TPSA) is 69.8 Å². The molecule has 0 aliphatic heterocycles. The summed E-state index contributed by atoms with van der Waals surface area (Å²) in [5.74, 6) is 0. The fourth-order valence-electron chi connectivity index (χ4n) is 2.02. The van der Waals surface area contributed by atoms with Crippen molar-refractivity contribution in [3.63, 3.8) is 0 Å². The third kappa shape index (κ3) is 3.32. The molecule has 0 spiro atoms. The number of hydrogen-bond acceptors (Lipinski definition) is 2. The lowest BCUT2D eigenvalue weighted by Gasteiger charge is -2.08. The SMILES string of the molecule is O=C(NCc1ccc2nc[nH]c2c1)Nc1cccc(Cl)c1. The molecule has 106 valence electrons. The second-order valence-electron chi connectivity index (χ2n) is 4.57. The summed E-state index contributed by atoms with van der Waals surface area (Å²) in [5.41, 5.74) is 3.50. The minimum absolute atomic E-state index is 0.276. The molecule has 0 atom stereocenters. The second kappa shape index (κ2) is 5.85. The summed E-state index contributed by atoms with van der Waals surface area (Å²) in [5, 5.41) is 6.11. The summed E-state index contributed by atoms with van der Waals surface area (Å²) >= 11 is 5.86. The predicted molar refractivity (Wildman–Crippen MR) is 83.4 cm³/mol. The van der Waals surface area contributed by atoms with Gasteiger partial charge in [0.15, 0.2) is 0 Å². The molecule has 5 nitrogen and oxygen atoms in total. The number of anilines is 1. The Hall–Kier alpha value is -2.53. The van der Waals surface area contributed by atoms with Gasteiger partial charge in [0.2, 0.25) is 0 Å². The number of benzene rings is 2. The van der Waals surface area contributed by atoms with Gasteiger partial charge in [-0.15, -0.1) is 0 Å². The summed E-state index contributed by atoms with van der Waals surface area (Å²) < 4.78 is 0. The van der Waals surface area contributed by atoms with Crippen molar-refractivity contribution in [1.29, 1.82) is 0 Å². The average Bonchev–Trinajstić information content (AvgIpc) is 2.92. The van der Waals surface area contributed by atoms with E-state index in [0.29, 0.717) is 17.3 Å². The summed E-state index contributed by atoms with van der Waals surface area (Å²) in [6.07, 6.45) is 1.65. The van der Waals surface area contributed by atoms with E-state index in [-0.39, 0.29) is 6.03 Å². The smallest absolute Gasteiger partial charge is 0.319 e. The van der Waals surface area contributed by atoms with Gasteiger partial charge in [0, 0.05) is 17.3 Å². The molecule has 0 saturated heterocycles. The van der Waals surface area contributed by atoms with Crippen molar-refractivity contribution in [2.24, 2.45) is 0 Å². The third-order valence-electron chi connectivity index (χ3n) is 3.02. The Morgan fingerprint density at radius 3 is 3.00 bits per heavy atom. The lowest BCUT2D eigenvalue weighted by Crippen LogP contribution is -2.28.